The lowest BCUT2D eigenvalue weighted by Crippen LogP contribution is -2.37. The normalized spacial score (nSPS) is 22.5. The molecule has 1 unspecified atom stereocenters. The lowest BCUT2D eigenvalue weighted by molar-refractivity contribution is 0.0458. The van der Waals surface area contributed by atoms with Gasteiger partial charge in [-0.2, -0.15) is 5.10 Å². The number of nitrogens with zero attached hydrogens (tertiary/aromatic N) is 3. The molecular weight excluding hydrogens is 284 g/mol. The standard InChI is InChI=1S/C15H26N4O3/c1-15(21)6-4-8-19(9-7-15)14(20)16-13-11-12(5-10-22-3)17-18(13)2/h11,21H,4-10H2,1-3H3,(H,16,20). The van der Waals surface area contributed by atoms with Crippen LogP contribution in [0.1, 0.15) is 31.9 Å². The van der Waals surface area contributed by atoms with Gasteiger partial charge in [0.2, 0.25) is 0 Å². The number of urea groups is 1. The monoisotopic (exact) mass is 310 g/mol. The van der Waals surface area contributed by atoms with Crippen molar-refractivity contribution in [2.75, 3.05) is 32.1 Å². The van der Waals surface area contributed by atoms with Gasteiger partial charge in [-0.1, -0.05) is 0 Å². The van der Waals surface area contributed by atoms with E-state index in [4.69, 9.17) is 4.74 Å². The Morgan fingerprint density at radius 3 is 3.00 bits per heavy atom. The number of amides is 2. The zero-order valence-corrected chi connectivity index (χ0v) is 13.6. The Labute approximate surface area is 131 Å². The summed E-state index contributed by atoms with van der Waals surface area (Å²) < 4.78 is 6.70. The lowest BCUT2D eigenvalue weighted by atomic mass is 9.98. The molecule has 7 nitrogen and oxygen atoms in total. The number of methoxy groups -OCH3 is 1. The van der Waals surface area contributed by atoms with E-state index in [-0.39, 0.29) is 6.03 Å². The Bertz CT molecular complexity index is 513. The molecular formula is C15H26N4O3. The van der Waals surface area contributed by atoms with E-state index in [1.165, 1.54) is 0 Å². The molecule has 1 aliphatic heterocycles. The zero-order chi connectivity index (χ0) is 16.2. The molecule has 0 radical (unpaired) electrons. The van der Waals surface area contributed by atoms with Crippen molar-refractivity contribution in [1.82, 2.24) is 14.7 Å². The van der Waals surface area contributed by atoms with E-state index >= 15 is 0 Å². The number of aryl methyl sites for hydroxylation is 1. The average Bonchev–Trinajstić information content (AvgIpc) is 2.68. The van der Waals surface area contributed by atoms with Crippen molar-refractivity contribution in [2.24, 2.45) is 7.05 Å². The van der Waals surface area contributed by atoms with Crippen molar-refractivity contribution < 1.29 is 14.6 Å². The van der Waals surface area contributed by atoms with Crippen LogP contribution in [0.3, 0.4) is 0 Å². The highest BCUT2D eigenvalue weighted by atomic mass is 16.5. The Kier molecular flexibility index (Phi) is 5.42. The van der Waals surface area contributed by atoms with E-state index in [0.29, 0.717) is 38.4 Å². The largest absolute Gasteiger partial charge is 0.390 e. The molecule has 1 fully saturated rings. The first-order valence-corrected chi connectivity index (χ1v) is 7.71. The maximum absolute atomic E-state index is 12.4. The van der Waals surface area contributed by atoms with Crippen LogP contribution in [0.4, 0.5) is 10.6 Å². The molecule has 0 aromatic carbocycles. The highest BCUT2D eigenvalue weighted by Crippen LogP contribution is 2.22. The van der Waals surface area contributed by atoms with Gasteiger partial charge in [0.05, 0.1) is 17.9 Å². The van der Waals surface area contributed by atoms with Crippen LogP contribution in [0.2, 0.25) is 0 Å². The maximum Gasteiger partial charge on any atom is 0.323 e. The number of carbonyl (C=O) groups excluding carboxylic acids is 1. The van der Waals surface area contributed by atoms with E-state index in [2.05, 4.69) is 10.4 Å². The second-order valence-corrected chi connectivity index (χ2v) is 6.16. The van der Waals surface area contributed by atoms with E-state index in [1.807, 2.05) is 13.0 Å². The lowest BCUT2D eigenvalue weighted by Gasteiger charge is -2.22. The van der Waals surface area contributed by atoms with Gasteiger partial charge < -0.3 is 14.7 Å². The molecule has 1 aliphatic rings. The molecule has 1 saturated heterocycles. The molecule has 0 bridgehead atoms. The molecule has 0 aliphatic carbocycles. The Morgan fingerprint density at radius 2 is 2.27 bits per heavy atom. The van der Waals surface area contributed by atoms with Crippen molar-refractivity contribution in [3.63, 3.8) is 0 Å². The van der Waals surface area contributed by atoms with Crippen LogP contribution in [0.5, 0.6) is 0 Å². The van der Waals surface area contributed by atoms with Crippen LogP contribution >= 0.6 is 0 Å². The average molecular weight is 310 g/mol. The first kappa shape index (κ1) is 16.8. The smallest absolute Gasteiger partial charge is 0.323 e. The van der Waals surface area contributed by atoms with Crippen LogP contribution in [-0.4, -0.2) is 58.2 Å². The molecule has 2 rings (SSSR count). The first-order chi connectivity index (χ1) is 10.4. The molecule has 1 atom stereocenters. The van der Waals surface area contributed by atoms with Gasteiger partial charge in [-0.25, -0.2) is 4.79 Å². The van der Waals surface area contributed by atoms with Gasteiger partial charge in [0.1, 0.15) is 5.82 Å². The number of anilines is 1. The molecule has 2 amide bonds. The fraction of sp³-hybridized carbons (Fsp3) is 0.733. The highest BCUT2D eigenvalue weighted by Gasteiger charge is 2.27. The molecule has 22 heavy (non-hydrogen) atoms. The fourth-order valence-electron chi connectivity index (χ4n) is 2.63. The SMILES string of the molecule is COCCc1cc(NC(=O)N2CCCC(C)(O)CC2)n(C)n1. The van der Waals surface area contributed by atoms with E-state index in [1.54, 1.807) is 23.7 Å². The third kappa shape index (κ3) is 4.45. The Hall–Kier alpha value is -1.60. The topological polar surface area (TPSA) is 79.6 Å². The Morgan fingerprint density at radius 1 is 1.50 bits per heavy atom. The van der Waals surface area contributed by atoms with Gasteiger partial charge in [0.15, 0.2) is 0 Å². The minimum Gasteiger partial charge on any atom is -0.390 e. The quantitative estimate of drug-likeness (QED) is 0.880. The van der Waals surface area contributed by atoms with Crippen LogP contribution in [0.15, 0.2) is 6.07 Å². The van der Waals surface area contributed by atoms with Crippen LogP contribution in [-0.2, 0) is 18.2 Å². The summed E-state index contributed by atoms with van der Waals surface area (Å²) in [6, 6.07) is 1.73. The predicted molar refractivity (Wildman–Crippen MR) is 83.9 cm³/mol. The molecule has 7 heteroatoms. The summed E-state index contributed by atoms with van der Waals surface area (Å²) in [6.07, 6.45) is 2.85. The number of carbonyl (C=O) groups is 1. The summed E-state index contributed by atoms with van der Waals surface area (Å²) in [6.45, 7) is 3.66. The van der Waals surface area contributed by atoms with Crippen molar-refractivity contribution in [1.29, 1.82) is 0 Å². The first-order valence-electron chi connectivity index (χ1n) is 7.71. The Balaban J connectivity index is 1.95. The number of rotatable bonds is 4. The van der Waals surface area contributed by atoms with Gasteiger partial charge in [0.25, 0.3) is 0 Å². The minimum atomic E-state index is -0.672. The van der Waals surface area contributed by atoms with Crippen LogP contribution in [0.25, 0.3) is 0 Å². The second-order valence-electron chi connectivity index (χ2n) is 6.16. The number of likely N-dealkylation sites (tertiary alicyclic amines) is 1. The number of ether oxygens (including phenoxy) is 1. The van der Waals surface area contributed by atoms with E-state index in [9.17, 15) is 9.90 Å². The van der Waals surface area contributed by atoms with E-state index < -0.39 is 5.60 Å². The maximum atomic E-state index is 12.4. The number of aliphatic hydroxyl groups is 1. The van der Waals surface area contributed by atoms with Crippen molar-refractivity contribution in [2.45, 2.75) is 38.2 Å². The number of hydrogen-bond acceptors (Lipinski definition) is 4. The minimum absolute atomic E-state index is 0.140. The third-order valence-corrected chi connectivity index (χ3v) is 4.08. The summed E-state index contributed by atoms with van der Waals surface area (Å²) >= 11 is 0. The summed E-state index contributed by atoms with van der Waals surface area (Å²) in [4.78, 5) is 14.1. The highest BCUT2D eigenvalue weighted by molar-refractivity contribution is 5.88. The van der Waals surface area contributed by atoms with Gasteiger partial charge in [-0.3, -0.25) is 10.00 Å². The van der Waals surface area contributed by atoms with Crippen molar-refractivity contribution in [3.8, 4) is 0 Å². The van der Waals surface area contributed by atoms with Crippen molar-refractivity contribution in [3.05, 3.63) is 11.8 Å². The van der Waals surface area contributed by atoms with Crippen molar-refractivity contribution >= 4 is 11.8 Å². The summed E-state index contributed by atoms with van der Waals surface area (Å²) in [5.74, 6) is 0.673. The molecule has 1 aromatic heterocycles. The number of hydrogen-bond donors (Lipinski definition) is 2. The number of aromatic nitrogens is 2. The van der Waals surface area contributed by atoms with Gasteiger partial charge in [-0.15, -0.1) is 0 Å². The van der Waals surface area contributed by atoms with E-state index in [0.717, 1.165) is 18.5 Å². The predicted octanol–water partition coefficient (Wildman–Crippen LogP) is 1.38. The summed E-state index contributed by atoms with van der Waals surface area (Å²) in [7, 11) is 3.46. The molecule has 0 saturated carbocycles. The molecule has 2 heterocycles. The molecule has 0 spiro atoms. The van der Waals surface area contributed by atoms with Gasteiger partial charge in [0, 0.05) is 39.7 Å². The van der Waals surface area contributed by atoms with Gasteiger partial charge in [-0.05, 0) is 26.2 Å². The van der Waals surface area contributed by atoms with Gasteiger partial charge >= 0.3 is 6.03 Å². The van der Waals surface area contributed by atoms with Crippen LogP contribution in [0, 0.1) is 0 Å². The fourth-order valence-corrected chi connectivity index (χ4v) is 2.63. The number of nitrogens with one attached hydrogen (secondary N) is 1. The summed E-state index contributed by atoms with van der Waals surface area (Å²) in [5, 5.41) is 17.3. The second kappa shape index (κ2) is 7.11. The third-order valence-electron chi connectivity index (χ3n) is 4.08. The molecule has 124 valence electrons. The summed E-state index contributed by atoms with van der Waals surface area (Å²) in [5.41, 5.74) is 0.216. The van der Waals surface area contributed by atoms with Crippen LogP contribution < -0.4 is 5.32 Å². The molecule has 1 aromatic rings. The molecule has 2 N–H and O–H groups in total. The zero-order valence-electron chi connectivity index (χ0n) is 13.6.